The Balaban J connectivity index is 1.76. The first-order chi connectivity index (χ1) is 11.5. The Hall–Kier alpha value is -3.14. The van der Waals surface area contributed by atoms with Crippen molar-refractivity contribution < 1.29 is 20.4 Å². The molecule has 4 N–H and O–H groups in total. The summed E-state index contributed by atoms with van der Waals surface area (Å²) in [5.74, 6) is 0.556. The molecule has 0 unspecified atom stereocenters. The Labute approximate surface area is 139 Å². The van der Waals surface area contributed by atoms with E-state index >= 15 is 0 Å². The predicted octanol–water partition coefficient (Wildman–Crippen LogP) is 3.69. The topological polar surface area (TPSA) is 80.9 Å². The van der Waals surface area contributed by atoms with Crippen molar-refractivity contribution in [2.45, 2.75) is 12.8 Å². The van der Waals surface area contributed by atoms with E-state index in [1.54, 1.807) is 12.1 Å². The van der Waals surface area contributed by atoms with Crippen molar-refractivity contribution in [3.05, 3.63) is 82.9 Å². The van der Waals surface area contributed by atoms with Gasteiger partial charge in [-0.2, -0.15) is 0 Å². The molecule has 3 rings (SSSR count). The van der Waals surface area contributed by atoms with E-state index < -0.39 is 0 Å². The van der Waals surface area contributed by atoms with Gasteiger partial charge in [0.05, 0.1) is 0 Å². The van der Waals surface area contributed by atoms with Crippen LogP contribution in [0, 0.1) is 0 Å². The first kappa shape index (κ1) is 15.7. The molecule has 0 heterocycles. The molecule has 0 atom stereocenters. The third kappa shape index (κ3) is 3.60. The van der Waals surface area contributed by atoms with E-state index in [0.717, 1.165) is 11.1 Å². The van der Waals surface area contributed by atoms with E-state index in [0.29, 0.717) is 24.0 Å². The fourth-order valence-electron chi connectivity index (χ4n) is 2.64. The average molecular weight is 322 g/mol. The molecule has 0 aromatic heterocycles. The van der Waals surface area contributed by atoms with Crippen molar-refractivity contribution in [2.24, 2.45) is 0 Å². The number of benzene rings is 3. The fourth-order valence-corrected chi connectivity index (χ4v) is 2.64. The lowest BCUT2D eigenvalue weighted by Crippen LogP contribution is -1.92. The molecule has 3 aromatic carbocycles. The molecular weight excluding hydrogens is 304 g/mol. The van der Waals surface area contributed by atoms with Gasteiger partial charge in [0.2, 0.25) is 0 Å². The third-order valence-corrected chi connectivity index (χ3v) is 3.94. The molecule has 0 spiro atoms. The summed E-state index contributed by atoms with van der Waals surface area (Å²) in [5.41, 5.74) is 3.32. The van der Waals surface area contributed by atoms with Gasteiger partial charge in [0.1, 0.15) is 23.0 Å². The van der Waals surface area contributed by atoms with E-state index in [2.05, 4.69) is 0 Å². The summed E-state index contributed by atoms with van der Waals surface area (Å²) >= 11 is 0. The third-order valence-electron chi connectivity index (χ3n) is 3.94. The van der Waals surface area contributed by atoms with E-state index in [-0.39, 0.29) is 23.0 Å². The highest BCUT2D eigenvalue weighted by Gasteiger charge is 2.06. The molecular formula is C20H18O4. The van der Waals surface area contributed by atoms with Gasteiger partial charge < -0.3 is 20.4 Å². The van der Waals surface area contributed by atoms with Crippen LogP contribution in [-0.4, -0.2) is 20.4 Å². The molecule has 0 saturated carbocycles. The maximum absolute atomic E-state index is 9.84. The summed E-state index contributed by atoms with van der Waals surface area (Å²) in [6, 6.07) is 16.7. The normalized spacial score (nSPS) is 10.7. The van der Waals surface area contributed by atoms with Crippen LogP contribution in [0.1, 0.15) is 22.3 Å². The minimum atomic E-state index is 0.124. The highest BCUT2D eigenvalue weighted by atomic mass is 16.3. The van der Waals surface area contributed by atoms with Crippen LogP contribution in [0.3, 0.4) is 0 Å². The minimum absolute atomic E-state index is 0.124. The average Bonchev–Trinajstić information content (AvgIpc) is 2.56. The largest absolute Gasteiger partial charge is 0.508 e. The van der Waals surface area contributed by atoms with Crippen LogP contribution in [0.2, 0.25) is 0 Å². The molecule has 0 radical (unpaired) electrons. The summed E-state index contributed by atoms with van der Waals surface area (Å²) in [7, 11) is 0. The monoisotopic (exact) mass is 322 g/mol. The number of hydrogen-bond acceptors (Lipinski definition) is 4. The molecule has 0 saturated heterocycles. The van der Waals surface area contributed by atoms with E-state index in [9.17, 15) is 20.4 Å². The van der Waals surface area contributed by atoms with Crippen molar-refractivity contribution in [3.8, 4) is 23.0 Å². The van der Waals surface area contributed by atoms with E-state index in [4.69, 9.17) is 0 Å². The second kappa shape index (κ2) is 6.54. The summed E-state index contributed by atoms with van der Waals surface area (Å²) in [4.78, 5) is 0. The van der Waals surface area contributed by atoms with Gasteiger partial charge in [0.15, 0.2) is 0 Å². The lowest BCUT2D eigenvalue weighted by molar-refractivity contribution is 0.455. The molecule has 3 aromatic rings. The summed E-state index contributed by atoms with van der Waals surface area (Å²) in [5, 5.41) is 38.7. The molecule has 0 aliphatic carbocycles. The van der Waals surface area contributed by atoms with Gasteiger partial charge in [-0.1, -0.05) is 24.3 Å². The standard InChI is InChI=1S/C20H18O4/c21-17-5-7-19(23)15(11-17)9-13-1-2-14(4-3-13)10-16-12-18(22)6-8-20(16)24/h1-8,11-12,21-24H,9-10H2. The maximum atomic E-state index is 9.84. The van der Waals surface area contributed by atoms with Gasteiger partial charge in [-0.15, -0.1) is 0 Å². The number of rotatable bonds is 4. The predicted molar refractivity (Wildman–Crippen MR) is 91.6 cm³/mol. The molecule has 24 heavy (non-hydrogen) atoms. The first-order valence-corrected chi connectivity index (χ1v) is 7.61. The van der Waals surface area contributed by atoms with Crippen LogP contribution in [0.5, 0.6) is 23.0 Å². The number of phenols is 4. The highest BCUT2D eigenvalue weighted by Crippen LogP contribution is 2.27. The van der Waals surface area contributed by atoms with Crippen molar-refractivity contribution in [2.75, 3.05) is 0 Å². The zero-order valence-corrected chi connectivity index (χ0v) is 13.0. The Morgan fingerprint density at radius 1 is 0.500 bits per heavy atom. The van der Waals surface area contributed by atoms with Crippen LogP contribution in [0.15, 0.2) is 60.7 Å². The smallest absolute Gasteiger partial charge is 0.119 e. The Morgan fingerprint density at radius 2 is 0.875 bits per heavy atom. The SMILES string of the molecule is Oc1ccc(O)c(Cc2ccc(Cc3cc(O)ccc3O)cc2)c1. The molecule has 0 amide bonds. The van der Waals surface area contributed by atoms with Crippen molar-refractivity contribution in [1.82, 2.24) is 0 Å². The molecule has 122 valence electrons. The summed E-state index contributed by atoms with van der Waals surface area (Å²) in [6.45, 7) is 0. The fraction of sp³-hybridized carbons (Fsp3) is 0.100. The maximum Gasteiger partial charge on any atom is 0.119 e. The van der Waals surface area contributed by atoms with Crippen molar-refractivity contribution in [1.29, 1.82) is 0 Å². The zero-order chi connectivity index (χ0) is 17.1. The molecule has 4 nitrogen and oxygen atoms in total. The minimum Gasteiger partial charge on any atom is -0.508 e. The van der Waals surface area contributed by atoms with E-state index in [1.807, 2.05) is 24.3 Å². The zero-order valence-electron chi connectivity index (χ0n) is 13.0. The molecule has 4 heteroatoms. The summed E-state index contributed by atoms with van der Waals surface area (Å²) < 4.78 is 0. The molecule has 0 aliphatic heterocycles. The summed E-state index contributed by atoms with van der Waals surface area (Å²) in [6.07, 6.45) is 1.02. The lowest BCUT2D eigenvalue weighted by Gasteiger charge is -2.08. The van der Waals surface area contributed by atoms with Gasteiger partial charge in [0, 0.05) is 24.0 Å². The number of phenolic OH excluding ortho intramolecular Hbond substituents is 4. The van der Waals surface area contributed by atoms with Crippen LogP contribution >= 0.6 is 0 Å². The first-order valence-electron chi connectivity index (χ1n) is 7.61. The van der Waals surface area contributed by atoms with Gasteiger partial charge in [-0.3, -0.25) is 0 Å². The second-order valence-corrected chi connectivity index (χ2v) is 5.80. The van der Waals surface area contributed by atoms with Gasteiger partial charge >= 0.3 is 0 Å². The van der Waals surface area contributed by atoms with Gasteiger partial charge in [-0.25, -0.2) is 0 Å². The molecule has 0 aliphatic rings. The Morgan fingerprint density at radius 3 is 1.25 bits per heavy atom. The highest BCUT2D eigenvalue weighted by molar-refractivity contribution is 5.44. The number of aromatic hydroxyl groups is 4. The van der Waals surface area contributed by atoms with Gasteiger partial charge in [-0.05, 0) is 47.5 Å². The Kier molecular flexibility index (Phi) is 4.29. The van der Waals surface area contributed by atoms with Crippen LogP contribution in [0.25, 0.3) is 0 Å². The number of hydrogen-bond donors (Lipinski definition) is 4. The van der Waals surface area contributed by atoms with Crippen LogP contribution in [-0.2, 0) is 12.8 Å². The van der Waals surface area contributed by atoms with Crippen molar-refractivity contribution >= 4 is 0 Å². The van der Waals surface area contributed by atoms with Gasteiger partial charge in [0.25, 0.3) is 0 Å². The Bertz CT molecular complexity index is 782. The lowest BCUT2D eigenvalue weighted by atomic mass is 9.99. The molecule has 0 fully saturated rings. The van der Waals surface area contributed by atoms with Crippen LogP contribution < -0.4 is 0 Å². The van der Waals surface area contributed by atoms with E-state index in [1.165, 1.54) is 24.3 Å². The van der Waals surface area contributed by atoms with Crippen molar-refractivity contribution in [3.63, 3.8) is 0 Å². The quantitative estimate of drug-likeness (QED) is 0.552. The second-order valence-electron chi connectivity index (χ2n) is 5.80. The molecule has 0 bridgehead atoms. The van der Waals surface area contributed by atoms with Crippen LogP contribution in [0.4, 0.5) is 0 Å².